The summed E-state index contributed by atoms with van der Waals surface area (Å²) in [6.07, 6.45) is 0. The van der Waals surface area contributed by atoms with Gasteiger partial charge in [-0.05, 0) is 48.6 Å². The number of hydrogen-bond donors (Lipinski definition) is 1. The van der Waals surface area contributed by atoms with E-state index in [1.165, 1.54) is 28.8 Å². The van der Waals surface area contributed by atoms with Crippen LogP contribution in [0.5, 0.6) is 0 Å². The van der Waals surface area contributed by atoms with Gasteiger partial charge >= 0.3 is 0 Å². The van der Waals surface area contributed by atoms with Crippen LogP contribution >= 0.6 is 0 Å². The van der Waals surface area contributed by atoms with E-state index in [4.69, 9.17) is 0 Å². The van der Waals surface area contributed by atoms with E-state index in [0.29, 0.717) is 5.92 Å². The van der Waals surface area contributed by atoms with Crippen LogP contribution in [0, 0.1) is 25.6 Å². The Labute approximate surface area is 127 Å². The summed E-state index contributed by atoms with van der Waals surface area (Å²) in [6, 6.07) is 13.6. The molecule has 0 aliphatic carbocycles. The van der Waals surface area contributed by atoms with Gasteiger partial charge in [-0.25, -0.2) is 4.39 Å². The predicted molar refractivity (Wildman–Crippen MR) is 86.7 cm³/mol. The zero-order chi connectivity index (χ0) is 15.4. The highest BCUT2D eigenvalue weighted by atomic mass is 19.1. The molecule has 0 aromatic heterocycles. The van der Waals surface area contributed by atoms with Gasteiger partial charge in [0.15, 0.2) is 0 Å². The summed E-state index contributed by atoms with van der Waals surface area (Å²) >= 11 is 0. The molecule has 2 rings (SSSR count). The van der Waals surface area contributed by atoms with Crippen LogP contribution in [0.3, 0.4) is 0 Å². The van der Waals surface area contributed by atoms with Crippen molar-refractivity contribution in [3.05, 3.63) is 70.5 Å². The van der Waals surface area contributed by atoms with E-state index in [9.17, 15) is 4.39 Å². The molecule has 0 aliphatic heterocycles. The Bertz CT molecular complexity index is 587. The van der Waals surface area contributed by atoms with E-state index in [1.54, 1.807) is 0 Å². The first kappa shape index (κ1) is 15.7. The molecule has 0 spiro atoms. The molecule has 1 nitrogen and oxygen atoms in total. The van der Waals surface area contributed by atoms with E-state index < -0.39 is 0 Å². The van der Waals surface area contributed by atoms with Gasteiger partial charge in [-0.2, -0.15) is 0 Å². The summed E-state index contributed by atoms with van der Waals surface area (Å²) in [6.45, 7) is 9.45. The minimum atomic E-state index is -0.184. The molecule has 0 bridgehead atoms. The molecule has 2 heteroatoms. The van der Waals surface area contributed by atoms with Gasteiger partial charge < -0.3 is 5.32 Å². The first-order valence-electron chi connectivity index (χ1n) is 7.52. The average molecular weight is 285 g/mol. The largest absolute Gasteiger partial charge is 0.306 e. The van der Waals surface area contributed by atoms with E-state index in [0.717, 1.165) is 12.1 Å². The van der Waals surface area contributed by atoms with Crippen molar-refractivity contribution in [2.24, 2.45) is 5.92 Å². The molecular formula is C19H24FN. The lowest BCUT2D eigenvalue weighted by molar-refractivity contribution is 0.409. The molecule has 0 saturated heterocycles. The molecular weight excluding hydrogens is 261 g/mol. The lowest BCUT2D eigenvalue weighted by Crippen LogP contribution is -2.25. The standard InChI is InChI=1S/C19H24FN/c1-13(2)19(16-7-9-18(20)10-8-16)21-12-17-11-14(3)5-6-15(17)4/h5-11,13,19,21H,12H2,1-4H3. The second-order valence-corrected chi connectivity index (χ2v) is 6.08. The second-order valence-electron chi connectivity index (χ2n) is 6.08. The average Bonchev–Trinajstić information content (AvgIpc) is 2.44. The van der Waals surface area contributed by atoms with Crippen molar-refractivity contribution in [1.29, 1.82) is 0 Å². The molecule has 0 amide bonds. The van der Waals surface area contributed by atoms with Gasteiger partial charge in [-0.15, -0.1) is 0 Å². The molecule has 0 saturated carbocycles. The van der Waals surface area contributed by atoms with Crippen molar-refractivity contribution in [2.45, 2.75) is 40.3 Å². The van der Waals surface area contributed by atoms with Crippen LogP contribution in [0.15, 0.2) is 42.5 Å². The molecule has 1 unspecified atom stereocenters. The van der Waals surface area contributed by atoms with E-state index in [2.05, 4.69) is 51.2 Å². The Balaban J connectivity index is 2.13. The Morgan fingerprint density at radius 1 is 1.00 bits per heavy atom. The maximum atomic E-state index is 13.1. The van der Waals surface area contributed by atoms with Crippen LogP contribution < -0.4 is 5.32 Å². The van der Waals surface area contributed by atoms with Crippen LogP contribution in [-0.4, -0.2) is 0 Å². The summed E-state index contributed by atoms with van der Waals surface area (Å²) in [4.78, 5) is 0. The third-order valence-electron chi connectivity index (χ3n) is 3.91. The molecule has 2 aromatic carbocycles. The van der Waals surface area contributed by atoms with Crippen molar-refractivity contribution in [1.82, 2.24) is 5.32 Å². The summed E-state index contributed by atoms with van der Waals surface area (Å²) in [5.74, 6) is 0.261. The molecule has 1 N–H and O–H groups in total. The number of nitrogens with one attached hydrogen (secondary N) is 1. The fourth-order valence-corrected chi connectivity index (χ4v) is 2.62. The maximum absolute atomic E-state index is 13.1. The van der Waals surface area contributed by atoms with Crippen LogP contribution in [0.2, 0.25) is 0 Å². The molecule has 0 fully saturated rings. The lowest BCUT2D eigenvalue weighted by Gasteiger charge is -2.23. The smallest absolute Gasteiger partial charge is 0.123 e. The van der Waals surface area contributed by atoms with Crippen molar-refractivity contribution in [3.63, 3.8) is 0 Å². The third-order valence-corrected chi connectivity index (χ3v) is 3.91. The Hall–Kier alpha value is -1.67. The van der Waals surface area contributed by atoms with Gasteiger partial charge in [-0.1, -0.05) is 49.7 Å². The Morgan fingerprint density at radius 3 is 2.29 bits per heavy atom. The zero-order valence-electron chi connectivity index (χ0n) is 13.3. The van der Waals surface area contributed by atoms with E-state index in [-0.39, 0.29) is 11.9 Å². The summed E-state index contributed by atoms with van der Waals surface area (Å²) in [5, 5.41) is 3.62. The number of halogens is 1. The summed E-state index contributed by atoms with van der Waals surface area (Å²) < 4.78 is 13.1. The summed E-state index contributed by atoms with van der Waals surface area (Å²) in [7, 11) is 0. The van der Waals surface area contributed by atoms with Gasteiger partial charge in [0.2, 0.25) is 0 Å². The minimum Gasteiger partial charge on any atom is -0.306 e. The molecule has 0 heterocycles. The number of rotatable bonds is 5. The molecule has 0 radical (unpaired) electrons. The number of benzene rings is 2. The van der Waals surface area contributed by atoms with Crippen LogP contribution in [0.1, 0.15) is 42.1 Å². The quantitative estimate of drug-likeness (QED) is 0.821. The molecule has 21 heavy (non-hydrogen) atoms. The highest BCUT2D eigenvalue weighted by molar-refractivity contribution is 5.30. The SMILES string of the molecule is Cc1ccc(C)c(CNC(c2ccc(F)cc2)C(C)C)c1. The van der Waals surface area contributed by atoms with Crippen LogP contribution in [0.4, 0.5) is 4.39 Å². The van der Waals surface area contributed by atoms with Crippen molar-refractivity contribution >= 4 is 0 Å². The topological polar surface area (TPSA) is 12.0 Å². The van der Waals surface area contributed by atoms with Gasteiger partial charge in [0, 0.05) is 12.6 Å². The third kappa shape index (κ3) is 4.15. The van der Waals surface area contributed by atoms with Gasteiger partial charge in [0.05, 0.1) is 0 Å². The molecule has 1 atom stereocenters. The van der Waals surface area contributed by atoms with Crippen LogP contribution in [-0.2, 0) is 6.54 Å². The molecule has 2 aromatic rings. The first-order valence-corrected chi connectivity index (χ1v) is 7.52. The Kier molecular flexibility index (Phi) is 5.13. The zero-order valence-corrected chi connectivity index (χ0v) is 13.3. The fourth-order valence-electron chi connectivity index (χ4n) is 2.62. The van der Waals surface area contributed by atoms with Crippen molar-refractivity contribution in [2.75, 3.05) is 0 Å². The maximum Gasteiger partial charge on any atom is 0.123 e. The van der Waals surface area contributed by atoms with E-state index in [1.807, 2.05) is 12.1 Å². The Morgan fingerprint density at radius 2 is 1.67 bits per heavy atom. The number of aryl methyl sites for hydroxylation is 2. The summed E-state index contributed by atoms with van der Waals surface area (Å²) in [5.41, 5.74) is 5.04. The second kappa shape index (κ2) is 6.86. The van der Waals surface area contributed by atoms with Gasteiger partial charge in [-0.3, -0.25) is 0 Å². The predicted octanol–water partition coefficient (Wildman–Crippen LogP) is 4.93. The first-order chi connectivity index (χ1) is 9.97. The number of hydrogen-bond acceptors (Lipinski definition) is 1. The fraction of sp³-hybridized carbons (Fsp3) is 0.368. The van der Waals surface area contributed by atoms with Crippen molar-refractivity contribution in [3.8, 4) is 0 Å². The van der Waals surface area contributed by atoms with Crippen LogP contribution in [0.25, 0.3) is 0 Å². The highest BCUT2D eigenvalue weighted by Gasteiger charge is 2.15. The van der Waals surface area contributed by atoms with Gasteiger partial charge in [0.25, 0.3) is 0 Å². The van der Waals surface area contributed by atoms with Gasteiger partial charge in [0.1, 0.15) is 5.82 Å². The minimum absolute atomic E-state index is 0.184. The monoisotopic (exact) mass is 285 g/mol. The van der Waals surface area contributed by atoms with Crippen molar-refractivity contribution < 1.29 is 4.39 Å². The lowest BCUT2D eigenvalue weighted by atomic mass is 9.95. The normalized spacial score (nSPS) is 12.7. The molecule has 0 aliphatic rings. The molecule has 112 valence electrons. The highest BCUT2D eigenvalue weighted by Crippen LogP contribution is 2.23. The van der Waals surface area contributed by atoms with E-state index >= 15 is 0 Å².